The number of ether oxygens (including phenoxy) is 2. The molecule has 2 N–H and O–H groups in total. The number of nitrogens with zero attached hydrogens (tertiary/aromatic N) is 2. The predicted octanol–water partition coefficient (Wildman–Crippen LogP) is 1.35. The first kappa shape index (κ1) is 16.0. The maximum absolute atomic E-state index is 12.1. The monoisotopic (exact) mass is 342 g/mol. The van der Waals surface area contributed by atoms with Crippen molar-refractivity contribution in [1.29, 1.82) is 0 Å². The van der Waals surface area contributed by atoms with Crippen molar-refractivity contribution >= 4 is 5.91 Å². The van der Waals surface area contributed by atoms with Gasteiger partial charge in [-0.05, 0) is 43.1 Å². The summed E-state index contributed by atoms with van der Waals surface area (Å²) in [6, 6.07) is 7.87. The van der Waals surface area contributed by atoms with Crippen molar-refractivity contribution in [3.8, 4) is 11.5 Å². The number of rotatable bonds is 5. The number of carbonyl (C=O) groups excluding carboxylic acids is 1. The van der Waals surface area contributed by atoms with Gasteiger partial charge in [-0.2, -0.15) is 5.10 Å². The van der Waals surface area contributed by atoms with Gasteiger partial charge < -0.3 is 20.1 Å². The lowest BCUT2D eigenvalue weighted by atomic mass is 10.1. The second-order valence-corrected chi connectivity index (χ2v) is 6.34. The molecule has 0 radical (unpaired) electrons. The smallest absolute Gasteiger partial charge is 0.231 e. The van der Waals surface area contributed by atoms with E-state index in [1.807, 2.05) is 22.9 Å². The van der Waals surface area contributed by atoms with Gasteiger partial charge in [0, 0.05) is 19.5 Å². The van der Waals surface area contributed by atoms with Gasteiger partial charge in [0.2, 0.25) is 12.7 Å². The molecular weight excluding hydrogens is 320 g/mol. The standard InChI is InChI=1S/C18H22N4O3/c23-18(5-3-13-2-4-16-17(8-13)25-12-24-16)20-10-14-9-15-11-19-6-1-7-22(15)21-14/h2,4,8-9,19H,1,3,5-7,10-12H2,(H,20,23). The Morgan fingerprint density at radius 1 is 1.28 bits per heavy atom. The van der Waals surface area contributed by atoms with E-state index in [1.165, 1.54) is 5.69 Å². The molecule has 0 bridgehead atoms. The molecule has 1 aromatic carbocycles. The molecule has 25 heavy (non-hydrogen) atoms. The van der Waals surface area contributed by atoms with Crippen molar-refractivity contribution in [2.24, 2.45) is 0 Å². The predicted molar refractivity (Wildman–Crippen MR) is 91.3 cm³/mol. The van der Waals surface area contributed by atoms with Crippen molar-refractivity contribution in [2.75, 3.05) is 13.3 Å². The maximum Gasteiger partial charge on any atom is 0.231 e. The quantitative estimate of drug-likeness (QED) is 0.858. The number of fused-ring (bicyclic) bond motifs is 2. The third kappa shape index (κ3) is 3.76. The number of aryl methyl sites for hydroxylation is 2. The van der Waals surface area contributed by atoms with Crippen LogP contribution in [0.1, 0.15) is 29.8 Å². The molecule has 2 aromatic rings. The average Bonchev–Trinajstić information content (AvgIpc) is 3.19. The van der Waals surface area contributed by atoms with Crippen molar-refractivity contribution in [1.82, 2.24) is 20.4 Å². The summed E-state index contributed by atoms with van der Waals surface area (Å²) in [7, 11) is 0. The minimum atomic E-state index is 0.0268. The summed E-state index contributed by atoms with van der Waals surface area (Å²) < 4.78 is 12.7. The Morgan fingerprint density at radius 3 is 3.16 bits per heavy atom. The molecule has 3 heterocycles. The van der Waals surface area contributed by atoms with Crippen LogP contribution in [0.3, 0.4) is 0 Å². The van der Waals surface area contributed by atoms with Gasteiger partial charge in [-0.1, -0.05) is 6.07 Å². The highest BCUT2D eigenvalue weighted by atomic mass is 16.7. The molecule has 0 saturated heterocycles. The third-order valence-corrected chi connectivity index (χ3v) is 4.49. The summed E-state index contributed by atoms with van der Waals surface area (Å²) in [4.78, 5) is 12.1. The average molecular weight is 342 g/mol. The van der Waals surface area contributed by atoms with Crippen LogP contribution in [0.25, 0.3) is 0 Å². The molecule has 0 atom stereocenters. The van der Waals surface area contributed by atoms with E-state index in [0.717, 1.165) is 48.8 Å². The minimum Gasteiger partial charge on any atom is -0.454 e. The molecule has 132 valence electrons. The van der Waals surface area contributed by atoms with Crippen LogP contribution in [0.2, 0.25) is 0 Å². The number of benzene rings is 1. The third-order valence-electron chi connectivity index (χ3n) is 4.49. The van der Waals surface area contributed by atoms with Gasteiger partial charge in [-0.15, -0.1) is 0 Å². The van der Waals surface area contributed by atoms with E-state index < -0.39 is 0 Å². The van der Waals surface area contributed by atoms with E-state index in [2.05, 4.69) is 21.8 Å². The van der Waals surface area contributed by atoms with Gasteiger partial charge in [-0.25, -0.2) is 0 Å². The minimum absolute atomic E-state index is 0.0268. The molecule has 7 nitrogen and oxygen atoms in total. The number of nitrogens with one attached hydrogen (secondary N) is 2. The molecule has 0 aliphatic carbocycles. The van der Waals surface area contributed by atoms with E-state index in [-0.39, 0.29) is 12.7 Å². The molecule has 2 aliphatic heterocycles. The molecule has 7 heteroatoms. The molecule has 1 aromatic heterocycles. The summed E-state index contributed by atoms with van der Waals surface area (Å²) >= 11 is 0. The lowest BCUT2D eigenvalue weighted by molar-refractivity contribution is -0.121. The zero-order valence-corrected chi connectivity index (χ0v) is 14.1. The normalized spacial score (nSPS) is 15.5. The lowest BCUT2D eigenvalue weighted by Gasteiger charge is -2.05. The summed E-state index contributed by atoms with van der Waals surface area (Å²) in [5.74, 6) is 1.55. The molecule has 2 aliphatic rings. The van der Waals surface area contributed by atoms with E-state index in [0.29, 0.717) is 19.4 Å². The van der Waals surface area contributed by atoms with E-state index in [4.69, 9.17) is 9.47 Å². The summed E-state index contributed by atoms with van der Waals surface area (Å²) in [6.07, 6.45) is 2.19. The highest BCUT2D eigenvalue weighted by Gasteiger charge is 2.14. The Balaban J connectivity index is 1.27. The Morgan fingerprint density at radius 2 is 2.20 bits per heavy atom. The number of amides is 1. The van der Waals surface area contributed by atoms with Crippen LogP contribution in [0, 0.1) is 0 Å². The zero-order chi connectivity index (χ0) is 17.1. The number of aromatic nitrogens is 2. The first-order chi connectivity index (χ1) is 12.3. The maximum atomic E-state index is 12.1. The Bertz CT molecular complexity index is 748. The fourth-order valence-electron chi connectivity index (χ4n) is 3.14. The summed E-state index contributed by atoms with van der Waals surface area (Å²) in [5.41, 5.74) is 3.16. The van der Waals surface area contributed by atoms with Crippen LogP contribution in [0.4, 0.5) is 0 Å². The van der Waals surface area contributed by atoms with Gasteiger partial charge >= 0.3 is 0 Å². The topological polar surface area (TPSA) is 77.4 Å². The van der Waals surface area contributed by atoms with Gasteiger partial charge in [0.15, 0.2) is 11.5 Å². The van der Waals surface area contributed by atoms with Gasteiger partial charge in [0.25, 0.3) is 0 Å². The van der Waals surface area contributed by atoms with Gasteiger partial charge in [0.1, 0.15) is 0 Å². The fourth-order valence-corrected chi connectivity index (χ4v) is 3.14. The van der Waals surface area contributed by atoms with E-state index in [1.54, 1.807) is 0 Å². The molecule has 4 rings (SSSR count). The first-order valence-electron chi connectivity index (χ1n) is 8.69. The van der Waals surface area contributed by atoms with Gasteiger partial charge in [0.05, 0.1) is 17.9 Å². The molecule has 0 saturated carbocycles. The molecule has 1 amide bonds. The molecule has 0 spiro atoms. The largest absolute Gasteiger partial charge is 0.454 e. The number of carbonyl (C=O) groups is 1. The van der Waals surface area contributed by atoms with Crippen LogP contribution in [-0.2, 0) is 30.8 Å². The Labute approximate surface area is 146 Å². The highest BCUT2D eigenvalue weighted by Crippen LogP contribution is 2.32. The van der Waals surface area contributed by atoms with Crippen molar-refractivity contribution in [2.45, 2.75) is 38.9 Å². The number of hydrogen-bond donors (Lipinski definition) is 2. The lowest BCUT2D eigenvalue weighted by Crippen LogP contribution is -2.23. The van der Waals surface area contributed by atoms with Crippen molar-refractivity contribution < 1.29 is 14.3 Å². The molecule has 0 unspecified atom stereocenters. The van der Waals surface area contributed by atoms with Gasteiger partial charge in [-0.3, -0.25) is 9.48 Å². The van der Waals surface area contributed by atoms with Crippen LogP contribution in [0.5, 0.6) is 11.5 Å². The summed E-state index contributed by atoms with van der Waals surface area (Å²) in [6.45, 7) is 3.53. The Hall–Kier alpha value is -2.54. The first-order valence-corrected chi connectivity index (χ1v) is 8.69. The van der Waals surface area contributed by atoms with Crippen molar-refractivity contribution in [3.63, 3.8) is 0 Å². The molecular formula is C18H22N4O3. The highest BCUT2D eigenvalue weighted by molar-refractivity contribution is 5.76. The fraction of sp³-hybridized carbons (Fsp3) is 0.444. The molecule has 0 fully saturated rings. The van der Waals surface area contributed by atoms with Crippen LogP contribution in [-0.4, -0.2) is 29.0 Å². The second kappa shape index (κ2) is 7.14. The van der Waals surface area contributed by atoms with E-state index in [9.17, 15) is 4.79 Å². The summed E-state index contributed by atoms with van der Waals surface area (Å²) in [5, 5.41) is 10.9. The van der Waals surface area contributed by atoms with Crippen molar-refractivity contribution in [3.05, 3.63) is 41.2 Å². The van der Waals surface area contributed by atoms with Crippen LogP contribution >= 0.6 is 0 Å². The number of hydrogen-bond acceptors (Lipinski definition) is 5. The second-order valence-electron chi connectivity index (χ2n) is 6.34. The van der Waals surface area contributed by atoms with Crippen LogP contribution in [0.15, 0.2) is 24.3 Å². The van der Waals surface area contributed by atoms with Crippen LogP contribution < -0.4 is 20.1 Å². The zero-order valence-electron chi connectivity index (χ0n) is 14.1. The Kier molecular flexibility index (Phi) is 4.56. The SMILES string of the molecule is O=C(CCc1ccc2c(c1)OCO2)NCc1cc2n(n1)CCCNC2. The van der Waals surface area contributed by atoms with E-state index >= 15 is 0 Å².